The predicted molar refractivity (Wildman–Crippen MR) is 76.8 cm³/mol. The smallest absolute Gasteiger partial charge is 0.110 e. The summed E-state index contributed by atoms with van der Waals surface area (Å²) in [6.45, 7) is 0.634. The van der Waals surface area contributed by atoms with Crippen molar-refractivity contribution in [2.45, 2.75) is 6.42 Å². The number of hydrogen-bond acceptors (Lipinski definition) is 3. The zero-order valence-corrected chi connectivity index (χ0v) is 11.1. The molecule has 0 aliphatic rings. The number of nitrogens with zero attached hydrogens (tertiary/aromatic N) is 2. The van der Waals surface area contributed by atoms with Crippen LogP contribution in [0, 0.1) is 0 Å². The zero-order valence-electron chi connectivity index (χ0n) is 10.3. The second-order valence-electron chi connectivity index (χ2n) is 4.30. The maximum absolute atomic E-state index is 5.60. The average molecular weight is 257 g/mol. The first-order chi connectivity index (χ1) is 8.81. The minimum Gasteiger partial charge on any atom is -0.331 e. The topological polar surface area (TPSA) is 43.8 Å². The van der Waals surface area contributed by atoms with Gasteiger partial charge < -0.3 is 10.3 Å². The number of hydrogen-bond donors (Lipinski definition) is 1. The molecule has 4 heteroatoms. The van der Waals surface area contributed by atoms with Gasteiger partial charge in [0.05, 0.1) is 11.9 Å². The number of aromatic nitrogens is 2. The molecule has 3 nitrogen and oxygen atoms in total. The van der Waals surface area contributed by atoms with Crippen molar-refractivity contribution in [1.29, 1.82) is 0 Å². The SMILES string of the molecule is Cn1c(-c2csc3ccccc23)cnc1CCN. The highest BCUT2D eigenvalue weighted by Gasteiger charge is 2.11. The van der Waals surface area contributed by atoms with Gasteiger partial charge in [0.1, 0.15) is 5.82 Å². The third kappa shape index (κ3) is 1.74. The van der Waals surface area contributed by atoms with Crippen LogP contribution in [-0.2, 0) is 13.5 Å². The Bertz CT molecular complexity index is 681. The van der Waals surface area contributed by atoms with Gasteiger partial charge >= 0.3 is 0 Å². The van der Waals surface area contributed by atoms with Crippen molar-refractivity contribution in [3.05, 3.63) is 41.7 Å². The molecule has 0 saturated heterocycles. The summed E-state index contributed by atoms with van der Waals surface area (Å²) in [5, 5.41) is 3.50. The molecule has 0 unspecified atom stereocenters. The molecule has 2 N–H and O–H groups in total. The molecule has 0 amide bonds. The molecule has 0 fully saturated rings. The Morgan fingerprint density at radius 3 is 3.00 bits per heavy atom. The lowest BCUT2D eigenvalue weighted by Crippen LogP contribution is -2.08. The Kier molecular flexibility index (Phi) is 2.89. The van der Waals surface area contributed by atoms with Gasteiger partial charge in [-0.15, -0.1) is 11.3 Å². The third-order valence-electron chi connectivity index (χ3n) is 3.21. The lowest BCUT2D eigenvalue weighted by molar-refractivity contribution is 0.782. The van der Waals surface area contributed by atoms with Gasteiger partial charge in [-0.25, -0.2) is 4.98 Å². The van der Waals surface area contributed by atoms with Gasteiger partial charge in [0.25, 0.3) is 0 Å². The molecule has 18 heavy (non-hydrogen) atoms. The van der Waals surface area contributed by atoms with Crippen molar-refractivity contribution < 1.29 is 0 Å². The first kappa shape index (κ1) is 11.4. The van der Waals surface area contributed by atoms with E-state index in [0.29, 0.717) is 6.54 Å². The fraction of sp³-hybridized carbons (Fsp3) is 0.214. The van der Waals surface area contributed by atoms with Crippen LogP contribution in [0.4, 0.5) is 0 Å². The fourth-order valence-electron chi connectivity index (χ4n) is 2.24. The summed E-state index contributed by atoms with van der Waals surface area (Å²) >= 11 is 1.77. The monoisotopic (exact) mass is 257 g/mol. The molecule has 0 aliphatic heterocycles. The third-order valence-corrected chi connectivity index (χ3v) is 4.17. The van der Waals surface area contributed by atoms with E-state index >= 15 is 0 Å². The summed E-state index contributed by atoms with van der Waals surface area (Å²) in [6, 6.07) is 8.47. The molecule has 92 valence electrons. The Labute approximate surface area is 110 Å². The van der Waals surface area contributed by atoms with Crippen LogP contribution in [0.2, 0.25) is 0 Å². The second kappa shape index (κ2) is 4.55. The van der Waals surface area contributed by atoms with Crippen LogP contribution in [0.3, 0.4) is 0 Å². The number of benzene rings is 1. The van der Waals surface area contributed by atoms with Crippen molar-refractivity contribution in [3.63, 3.8) is 0 Å². The Morgan fingerprint density at radius 2 is 2.17 bits per heavy atom. The van der Waals surface area contributed by atoms with Gasteiger partial charge in [-0.3, -0.25) is 0 Å². The van der Waals surface area contributed by atoms with Crippen molar-refractivity contribution >= 4 is 21.4 Å². The summed E-state index contributed by atoms with van der Waals surface area (Å²) in [6.07, 6.45) is 2.76. The molecular weight excluding hydrogens is 242 g/mol. The lowest BCUT2D eigenvalue weighted by Gasteiger charge is -2.04. The molecule has 0 saturated carbocycles. The van der Waals surface area contributed by atoms with E-state index in [0.717, 1.165) is 17.9 Å². The van der Waals surface area contributed by atoms with Crippen LogP contribution in [0.25, 0.3) is 21.3 Å². The van der Waals surface area contributed by atoms with E-state index in [1.165, 1.54) is 15.6 Å². The highest BCUT2D eigenvalue weighted by Crippen LogP contribution is 2.33. The van der Waals surface area contributed by atoms with Gasteiger partial charge in [0.15, 0.2) is 0 Å². The molecule has 0 radical (unpaired) electrons. The quantitative estimate of drug-likeness (QED) is 0.784. The van der Waals surface area contributed by atoms with Gasteiger partial charge in [0.2, 0.25) is 0 Å². The van der Waals surface area contributed by atoms with Crippen molar-refractivity contribution in [1.82, 2.24) is 9.55 Å². The molecule has 0 atom stereocenters. The first-order valence-corrected chi connectivity index (χ1v) is 6.86. The molecule has 0 spiro atoms. The van der Waals surface area contributed by atoms with Gasteiger partial charge in [0, 0.05) is 34.5 Å². The normalized spacial score (nSPS) is 11.2. The number of rotatable bonds is 3. The van der Waals surface area contributed by atoms with Gasteiger partial charge in [-0.1, -0.05) is 18.2 Å². The molecular formula is C14H15N3S. The van der Waals surface area contributed by atoms with Crippen LogP contribution >= 0.6 is 11.3 Å². The lowest BCUT2D eigenvalue weighted by atomic mass is 10.1. The Hall–Kier alpha value is -1.65. The summed E-state index contributed by atoms with van der Waals surface area (Å²) in [4.78, 5) is 4.46. The standard InChI is InChI=1S/C14H15N3S/c1-17-12(8-16-14(17)6-7-15)11-9-18-13-5-3-2-4-10(11)13/h2-5,8-9H,6-7,15H2,1H3. The summed E-state index contributed by atoms with van der Waals surface area (Å²) < 4.78 is 3.45. The maximum Gasteiger partial charge on any atom is 0.110 e. The van der Waals surface area contributed by atoms with Gasteiger partial charge in [-0.05, 0) is 12.6 Å². The zero-order chi connectivity index (χ0) is 12.5. The summed E-state index contributed by atoms with van der Waals surface area (Å²) in [7, 11) is 2.06. The summed E-state index contributed by atoms with van der Waals surface area (Å²) in [5.41, 5.74) is 8.02. The van der Waals surface area contributed by atoms with Gasteiger partial charge in [-0.2, -0.15) is 0 Å². The predicted octanol–water partition coefficient (Wildman–Crippen LogP) is 2.80. The van der Waals surface area contributed by atoms with E-state index in [9.17, 15) is 0 Å². The van der Waals surface area contributed by atoms with E-state index in [4.69, 9.17) is 5.73 Å². The molecule has 3 aromatic rings. The van der Waals surface area contributed by atoms with Crippen LogP contribution in [0.1, 0.15) is 5.82 Å². The van der Waals surface area contributed by atoms with Crippen LogP contribution in [0.5, 0.6) is 0 Å². The number of thiophene rings is 1. The number of nitrogens with two attached hydrogens (primary N) is 1. The highest BCUT2D eigenvalue weighted by molar-refractivity contribution is 7.17. The molecule has 2 heterocycles. The van der Waals surface area contributed by atoms with E-state index in [-0.39, 0.29) is 0 Å². The molecule has 0 aliphatic carbocycles. The fourth-order valence-corrected chi connectivity index (χ4v) is 3.19. The van der Waals surface area contributed by atoms with Crippen LogP contribution in [0.15, 0.2) is 35.8 Å². The van der Waals surface area contributed by atoms with E-state index < -0.39 is 0 Å². The molecule has 1 aromatic carbocycles. The van der Waals surface area contributed by atoms with E-state index in [1.54, 1.807) is 11.3 Å². The second-order valence-corrected chi connectivity index (χ2v) is 5.21. The first-order valence-electron chi connectivity index (χ1n) is 5.98. The maximum atomic E-state index is 5.60. The molecule has 2 aromatic heterocycles. The largest absolute Gasteiger partial charge is 0.331 e. The highest BCUT2D eigenvalue weighted by atomic mass is 32.1. The van der Waals surface area contributed by atoms with Crippen molar-refractivity contribution in [2.24, 2.45) is 12.8 Å². The minimum atomic E-state index is 0.634. The van der Waals surface area contributed by atoms with Crippen molar-refractivity contribution in [3.8, 4) is 11.3 Å². The van der Waals surface area contributed by atoms with Crippen LogP contribution in [-0.4, -0.2) is 16.1 Å². The molecule has 0 bridgehead atoms. The Balaban J connectivity index is 2.15. The molecule has 3 rings (SSSR count). The minimum absolute atomic E-state index is 0.634. The van der Waals surface area contributed by atoms with E-state index in [1.807, 2.05) is 6.20 Å². The number of fused-ring (bicyclic) bond motifs is 1. The average Bonchev–Trinajstić information content (AvgIpc) is 2.95. The number of imidazole rings is 1. The van der Waals surface area contributed by atoms with Crippen LogP contribution < -0.4 is 5.73 Å². The van der Waals surface area contributed by atoms with Crippen molar-refractivity contribution in [2.75, 3.05) is 6.54 Å². The Morgan fingerprint density at radius 1 is 1.33 bits per heavy atom. The summed E-state index contributed by atoms with van der Waals surface area (Å²) in [5.74, 6) is 1.04. The van der Waals surface area contributed by atoms with E-state index in [2.05, 4.69) is 46.2 Å².